The van der Waals surface area contributed by atoms with Crippen molar-refractivity contribution in [2.45, 2.75) is 12.8 Å². The molecule has 6 nitrogen and oxygen atoms in total. The number of hydrogen-bond acceptors (Lipinski definition) is 5. The van der Waals surface area contributed by atoms with Crippen molar-refractivity contribution < 1.29 is 18.3 Å². The van der Waals surface area contributed by atoms with Gasteiger partial charge in [0.15, 0.2) is 11.5 Å². The summed E-state index contributed by atoms with van der Waals surface area (Å²) in [7, 11) is 0. The quantitative estimate of drug-likeness (QED) is 0.777. The van der Waals surface area contributed by atoms with Gasteiger partial charge in [0.1, 0.15) is 6.61 Å². The van der Waals surface area contributed by atoms with Crippen LogP contribution in [0.25, 0.3) is 5.65 Å². The number of rotatable bonds is 3. The van der Waals surface area contributed by atoms with E-state index in [0.717, 1.165) is 12.1 Å². The average molecular weight is 309 g/mol. The van der Waals surface area contributed by atoms with Crippen LogP contribution in [0.4, 0.5) is 24.8 Å². The first-order valence-corrected chi connectivity index (χ1v) is 6.23. The van der Waals surface area contributed by atoms with Crippen LogP contribution in [-0.2, 0) is 12.8 Å². The third-order valence-electron chi connectivity index (χ3n) is 2.93. The van der Waals surface area contributed by atoms with Gasteiger partial charge in [-0.2, -0.15) is 22.7 Å². The SMILES string of the molecule is OCc1nccc2nc(Nc3ccc(C(F)(F)F)cc3)nn12. The van der Waals surface area contributed by atoms with E-state index >= 15 is 0 Å². The third-order valence-corrected chi connectivity index (χ3v) is 2.93. The van der Waals surface area contributed by atoms with Crippen LogP contribution in [-0.4, -0.2) is 24.7 Å². The summed E-state index contributed by atoms with van der Waals surface area (Å²) >= 11 is 0. The molecular formula is C13H10F3N5O. The van der Waals surface area contributed by atoms with Crippen molar-refractivity contribution in [3.05, 3.63) is 47.9 Å². The van der Waals surface area contributed by atoms with Gasteiger partial charge in [0.25, 0.3) is 0 Å². The predicted molar refractivity (Wildman–Crippen MR) is 71.4 cm³/mol. The molecule has 22 heavy (non-hydrogen) atoms. The number of nitrogens with zero attached hydrogens (tertiary/aromatic N) is 4. The molecule has 9 heteroatoms. The highest BCUT2D eigenvalue weighted by molar-refractivity contribution is 5.56. The summed E-state index contributed by atoms with van der Waals surface area (Å²) in [4.78, 5) is 8.10. The minimum absolute atomic E-state index is 0.197. The summed E-state index contributed by atoms with van der Waals surface area (Å²) in [5, 5.41) is 16.1. The zero-order chi connectivity index (χ0) is 15.7. The lowest BCUT2D eigenvalue weighted by atomic mass is 10.2. The van der Waals surface area contributed by atoms with E-state index in [1.165, 1.54) is 22.8 Å². The maximum atomic E-state index is 12.5. The predicted octanol–water partition coefficient (Wildman–Crippen LogP) is 2.38. The second kappa shape index (κ2) is 5.26. The molecule has 0 fully saturated rings. The van der Waals surface area contributed by atoms with E-state index in [9.17, 15) is 13.2 Å². The average Bonchev–Trinajstić information content (AvgIpc) is 2.89. The largest absolute Gasteiger partial charge is 0.416 e. The van der Waals surface area contributed by atoms with Crippen molar-refractivity contribution in [2.24, 2.45) is 0 Å². The van der Waals surface area contributed by atoms with Gasteiger partial charge in [-0.25, -0.2) is 4.98 Å². The third kappa shape index (κ3) is 2.70. The molecule has 1 aromatic carbocycles. The molecule has 2 N–H and O–H groups in total. The number of halogens is 3. The van der Waals surface area contributed by atoms with Crippen LogP contribution < -0.4 is 5.32 Å². The monoisotopic (exact) mass is 309 g/mol. The fourth-order valence-electron chi connectivity index (χ4n) is 1.90. The van der Waals surface area contributed by atoms with Gasteiger partial charge >= 0.3 is 6.18 Å². The van der Waals surface area contributed by atoms with Crippen LogP contribution in [0, 0.1) is 0 Å². The Hall–Kier alpha value is -2.68. The molecule has 0 atom stereocenters. The summed E-state index contributed by atoms with van der Waals surface area (Å²) < 4.78 is 38.8. The molecule has 0 saturated heterocycles. The van der Waals surface area contributed by atoms with Gasteiger partial charge in [-0.05, 0) is 24.3 Å². The topological polar surface area (TPSA) is 75.3 Å². The van der Waals surface area contributed by atoms with E-state index in [1.807, 2.05) is 0 Å². The van der Waals surface area contributed by atoms with E-state index in [-0.39, 0.29) is 12.6 Å². The Morgan fingerprint density at radius 1 is 1.14 bits per heavy atom. The highest BCUT2D eigenvalue weighted by Gasteiger charge is 2.29. The zero-order valence-electron chi connectivity index (χ0n) is 11.0. The number of hydrogen-bond donors (Lipinski definition) is 2. The number of fused-ring (bicyclic) bond motifs is 1. The van der Waals surface area contributed by atoms with Gasteiger partial charge in [0.2, 0.25) is 5.95 Å². The van der Waals surface area contributed by atoms with E-state index in [2.05, 4.69) is 20.4 Å². The maximum absolute atomic E-state index is 12.5. The summed E-state index contributed by atoms with van der Waals surface area (Å²) in [6, 6.07) is 6.13. The molecule has 0 spiro atoms. The highest BCUT2D eigenvalue weighted by atomic mass is 19.4. The number of aliphatic hydroxyl groups excluding tert-OH is 1. The summed E-state index contributed by atoms with van der Waals surface area (Å²) in [6.45, 7) is -0.305. The molecule has 0 saturated carbocycles. The Balaban J connectivity index is 1.87. The fourth-order valence-corrected chi connectivity index (χ4v) is 1.90. The van der Waals surface area contributed by atoms with Crippen molar-refractivity contribution >= 4 is 17.3 Å². The summed E-state index contributed by atoms with van der Waals surface area (Å²) in [5.41, 5.74) is 0.156. The highest BCUT2D eigenvalue weighted by Crippen LogP contribution is 2.30. The van der Waals surface area contributed by atoms with E-state index in [0.29, 0.717) is 17.2 Å². The van der Waals surface area contributed by atoms with E-state index < -0.39 is 11.7 Å². The number of alkyl halides is 3. The van der Waals surface area contributed by atoms with E-state index in [1.54, 1.807) is 6.07 Å². The lowest BCUT2D eigenvalue weighted by Crippen LogP contribution is -2.04. The number of anilines is 2. The molecule has 3 rings (SSSR count). The zero-order valence-corrected chi connectivity index (χ0v) is 11.0. The van der Waals surface area contributed by atoms with Crippen molar-refractivity contribution in [3.8, 4) is 0 Å². The molecule has 0 aliphatic heterocycles. The van der Waals surface area contributed by atoms with Crippen molar-refractivity contribution in [2.75, 3.05) is 5.32 Å². The van der Waals surface area contributed by atoms with Crippen LogP contribution in [0.15, 0.2) is 36.5 Å². The minimum Gasteiger partial charge on any atom is -0.388 e. The maximum Gasteiger partial charge on any atom is 0.416 e. The Bertz CT molecular complexity index is 798. The second-order valence-electron chi connectivity index (χ2n) is 4.42. The van der Waals surface area contributed by atoms with Crippen LogP contribution in [0.1, 0.15) is 11.4 Å². The van der Waals surface area contributed by atoms with Gasteiger partial charge in [-0.3, -0.25) is 0 Å². The van der Waals surface area contributed by atoms with Crippen LogP contribution >= 0.6 is 0 Å². The number of aromatic nitrogens is 4. The first-order valence-electron chi connectivity index (χ1n) is 6.23. The summed E-state index contributed by atoms with van der Waals surface area (Å²) in [6.07, 6.45) is -2.89. The van der Waals surface area contributed by atoms with Gasteiger partial charge < -0.3 is 10.4 Å². The van der Waals surface area contributed by atoms with Gasteiger partial charge in [0.05, 0.1) is 5.56 Å². The molecule has 0 aliphatic carbocycles. The Morgan fingerprint density at radius 2 is 1.86 bits per heavy atom. The first kappa shape index (κ1) is 14.3. The smallest absolute Gasteiger partial charge is 0.388 e. The number of benzene rings is 1. The number of aliphatic hydroxyl groups is 1. The fraction of sp³-hybridized carbons (Fsp3) is 0.154. The summed E-state index contributed by atoms with van der Waals surface area (Å²) in [5.74, 6) is 0.507. The molecule has 0 amide bonds. The van der Waals surface area contributed by atoms with Crippen molar-refractivity contribution in [3.63, 3.8) is 0 Å². The molecule has 0 radical (unpaired) electrons. The molecule has 0 unspecified atom stereocenters. The second-order valence-corrected chi connectivity index (χ2v) is 4.42. The number of nitrogens with one attached hydrogen (secondary N) is 1. The first-order chi connectivity index (χ1) is 10.5. The van der Waals surface area contributed by atoms with Crippen LogP contribution in [0.3, 0.4) is 0 Å². The Labute approximate surface area is 122 Å². The minimum atomic E-state index is -4.37. The molecular weight excluding hydrogens is 299 g/mol. The Kier molecular flexibility index (Phi) is 3.41. The Morgan fingerprint density at radius 3 is 2.50 bits per heavy atom. The molecule has 0 aliphatic rings. The molecule has 0 bridgehead atoms. The molecule has 2 aromatic heterocycles. The standard InChI is InChI=1S/C13H10F3N5O/c14-13(15,16)8-1-3-9(4-2-8)18-12-19-10-5-6-17-11(7-22)21(10)20-12/h1-6,22H,7H2,(H,18,20). The van der Waals surface area contributed by atoms with Gasteiger partial charge in [-0.1, -0.05) is 0 Å². The molecule has 114 valence electrons. The van der Waals surface area contributed by atoms with Crippen LogP contribution in [0.2, 0.25) is 0 Å². The van der Waals surface area contributed by atoms with Crippen LogP contribution in [0.5, 0.6) is 0 Å². The molecule has 3 aromatic rings. The van der Waals surface area contributed by atoms with Crippen molar-refractivity contribution in [1.82, 2.24) is 19.6 Å². The van der Waals surface area contributed by atoms with Crippen molar-refractivity contribution in [1.29, 1.82) is 0 Å². The van der Waals surface area contributed by atoms with Gasteiger partial charge in [-0.15, -0.1) is 5.10 Å². The lowest BCUT2D eigenvalue weighted by Gasteiger charge is -2.07. The normalized spacial score (nSPS) is 11.8. The van der Waals surface area contributed by atoms with Gasteiger partial charge in [0, 0.05) is 18.0 Å². The lowest BCUT2D eigenvalue weighted by molar-refractivity contribution is -0.137. The van der Waals surface area contributed by atoms with E-state index in [4.69, 9.17) is 5.11 Å². The molecule has 2 heterocycles.